The van der Waals surface area contributed by atoms with Crippen molar-refractivity contribution in [2.75, 3.05) is 13.2 Å². The highest BCUT2D eigenvalue weighted by molar-refractivity contribution is 9.10. The van der Waals surface area contributed by atoms with E-state index in [9.17, 15) is 4.79 Å². The van der Waals surface area contributed by atoms with Gasteiger partial charge in [0.2, 0.25) is 0 Å². The summed E-state index contributed by atoms with van der Waals surface area (Å²) in [5.74, 6) is 1.70. The van der Waals surface area contributed by atoms with Gasteiger partial charge in [0.25, 0.3) is 5.56 Å². The van der Waals surface area contributed by atoms with Gasteiger partial charge in [-0.15, -0.1) is 0 Å². The molecule has 31 heavy (non-hydrogen) atoms. The lowest BCUT2D eigenvalue weighted by Gasteiger charge is -2.15. The topological polar surface area (TPSA) is 65.7 Å². The summed E-state index contributed by atoms with van der Waals surface area (Å²) in [6.07, 6.45) is 2.41. The molecule has 0 fully saturated rings. The van der Waals surface area contributed by atoms with E-state index >= 15 is 0 Å². The molecular weight excluding hydrogens is 482 g/mol. The highest BCUT2D eigenvalue weighted by Crippen LogP contribution is 2.36. The van der Waals surface area contributed by atoms with E-state index < -0.39 is 0 Å². The van der Waals surface area contributed by atoms with Gasteiger partial charge in [0, 0.05) is 10.4 Å². The van der Waals surface area contributed by atoms with Gasteiger partial charge in [-0.05, 0) is 56.2 Å². The summed E-state index contributed by atoms with van der Waals surface area (Å²) in [7, 11) is 0. The first-order chi connectivity index (χ1) is 14.9. The lowest BCUT2D eigenvalue weighted by Crippen LogP contribution is -2.23. The Balaban J connectivity index is 2.14. The zero-order chi connectivity index (χ0) is 22.5. The summed E-state index contributed by atoms with van der Waals surface area (Å²) in [6, 6.07) is 9.00. The van der Waals surface area contributed by atoms with Crippen LogP contribution >= 0.6 is 27.5 Å². The largest absolute Gasteiger partial charge is 0.490 e. The molecule has 2 aromatic carbocycles. The van der Waals surface area contributed by atoms with Gasteiger partial charge in [0.1, 0.15) is 5.82 Å². The number of fused-ring (bicyclic) bond motifs is 1. The van der Waals surface area contributed by atoms with Crippen LogP contribution in [-0.2, 0) is 0 Å². The van der Waals surface area contributed by atoms with E-state index in [0.717, 1.165) is 10.9 Å². The fourth-order valence-corrected chi connectivity index (χ4v) is 3.75. The van der Waals surface area contributed by atoms with E-state index in [1.807, 2.05) is 32.9 Å². The molecule has 164 valence electrons. The van der Waals surface area contributed by atoms with E-state index in [0.29, 0.717) is 52.0 Å². The first-order valence-electron chi connectivity index (χ1n) is 10.2. The van der Waals surface area contributed by atoms with Crippen LogP contribution in [0.3, 0.4) is 0 Å². The van der Waals surface area contributed by atoms with Crippen LogP contribution < -0.4 is 15.0 Å². The normalized spacial score (nSPS) is 12.5. The fourth-order valence-electron chi connectivity index (χ4n) is 3.11. The van der Waals surface area contributed by atoms with Crippen molar-refractivity contribution in [2.24, 2.45) is 5.10 Å². The van der Waals surface area contributed by atoms with Gasteiger partial charge in [-0.25, -0.2) is 4.98 Å². The Morgan fingerprint density at radius 1 is 1.19 bits per heavy atom. The van der Waals surface area contributed by atoms with Crippen molar-refractivity contribution in [3.8, 4) is 11.5 Å². The van der Waals surface area contributed by atoms with E-state index in [4.69, 9.17) is 26.1 Å². The minimum atomic E-state index is -0.222. The Kier molecular flexibility index (Phi) is 7.73. The van der Waals surface area contributed by atoms with Crippen molar-refractivity contribution in [1.82, 2.24) is 9.66 Å². The third-order valence-electron chi connectivity index (χ3n) is 4.83. The van der Waals surface area contributed by atoms with Gasteiger partial charge < -0.3 is 9.47 Å². The Bertz CT molecular complexity index is 1180. The van der Waals surface area contributed by atoms with Gasteiger partial charge in [-0.1, -0.05) is 41.4 Å². The standard InChI is InChI=1S/C23H25BrClN3O3/c1-5-14(4)22-27-19-9-8-16(24)12-17(19)23(29)28(22)26-13-15-10-18(25)21(31-7-3)20(11-15)30-6-2/h8-14H,5-7H2,1-4H3/t14-/m1/s1. The number of hydrogen-bond donors (Lipinski definition) is 0. The molecule has 0 aliphatic rings. The first-order valence-corrected chi connectivity index (χ1v) is 11.4. The van der Waals surface area contributed by atoms with Gasteiger partial charge in [-0.2, -0.15) is 9.78 Å². The Labute approximate surface area is 195 Å². The van der Waals surface area contributed by atoms with Crippen molar-refractivity contribution in [3.05, 3.63) is 61.6 Å². The molecule has 0 amide bonds. The molecule has 0 saturated carbocycles. The zero-order valence-corrected chi connectivity index (χ0v) is 20.3. The lowest BCUT2D eigenvalue weighted by atomic mass is 10.1. The average Bonchev–Trinajstić information content (AvgIpc) is 2.75. The van der Waals surface area contributed by atoms with Gasteiger partial charge in [0.05, 0.1) is 35.4 Å². The maximum Gasteiger partial charge on any atom is 0.282 e. The SMILES string of the molecule is CCOc1cc(C=Nn2c([C@H](C)CC)nc3ccc(Br)cc3c2=O)cc(Cl)c1OCC. The van der Waals surface area contributed by atoms with Crippen LogP contribution in [0, 0.1) is 0 Å². The van der Waals surface area contributed by atoms with E-state index in [1.165, 1.54) is 4.68 Å². The number of ether oxygens (including phenoxy) is 2. The van der Waals surface area contributed by atoms with Gasteiger partial charge in [-0.3, -0.25) is 4.79 Å². The molecule has 3 aromatic rings. The second kappa shape index (κ2) is 10.3. The average molecular weight is 507 g/mol. The van der Waals surface area contributed by atoms with Crippen LogP contribution in [-0.4, -0.2) is 29.1 Å². The third-order valence-corrected chi connectivity index (χ3v) is 5.60. The highest BCUT2D eigenvalue weighted by Gasteiger charge is 2.16. The Morgan fingerprint density at radius 2 is 1.94 bits per heavy atom. The maximum atomic E-state index is 13.2. The van der Waals surface area contributed by atoms with Crippen LogP contribution in [0.2, 0.25) is 5.02 Å². The van der Waals surface area contributed by atoms with E-state index in [2.05, 4.69) is 28.0 Å². The summed E-state index contributed by atoms with van der Waals surface area (Å²) >= 11 is 9.83. The molecule has 1 atom stereocenters. The Morgan fingerprint density at radius 3 is 2.61 bits per heavy atom. The van der Waals surface area contributed by atoms with Crippen molar-refractivity contribution in [1.29, 1.82) is 0 Å². The molecule has 3 rings (SSSR count). The summed E-state index contributed by atoms with van der Waals surface area (Å²) in [6.45, 7) is 8.80. The number of nitrogens with zero attached hydrogens (tertiary/aromatic N) is 3. The Hall–Kier alpha value is -2.38. The van der Waals surface area contributed by atoms with Crippen molar-refractivity contribution < 1.29 is 9.47 Å². The molecule has 1 heterocycles. The molecule has 0 spiro atoms. The lowest BCUT2D eigenvalue weighted by molar-refractivity contribution is 0.288. The smallest absolute Gasteiger partial charge is 0.282 e. The summed E-state index contributed by atoms with van der Waals surface area (Å²) in [4.78, 5) is 18.0. The molecule has 0 N–H and O–H groups in total. The molecule has 0 aliphatic heterocycles. The summed E-state index contributed by atoms with van der Waals surface area (Å²) in [5.41, 5.74) is 1.12. The third kappa shape index (κ3) is 5.10. The van der Waals surface area contributed by atoms with Crippen LogP contribution in [0.5, 0.6) is 11.5 Å². The molecular formula is C23H25BrClN3O3. The molecule has 0 aliphatic carbocycles. The van der Waals surface area contributed by atoms with Crippen LogP contribution in [0.15, 0.2) is 44.7 Å². The van der Waals surface area contributed by atoms with Crippen molar-refractivity contribution in [2.45, 2.75) is 40.0 Å². The van der Waals surface area contributed by atoms with Gasteiger partial charge in [0.15, 0.2) is 11.5 Å². The van der Waals surface area contributed by atoms with Crippen LogP contribution in [0.25, 0.3) is 10.9 Å². The second-order valence-corrected chi connectivity index (χ2v) is 8.32. The minimum Gasteiger partial charge on any atom is -0.490 e. The predicted octanol–water partition coefficient (Wildman–Crippen LogP) is 6.01. The zero-order valence-electron chi connectivity index (χ0n) is 18.0. The quantitative estimate of drug-likeness (QED) is 0.351. The number of halogens is 2. The monoisotopic (exact) mass is 505 g/mol. The molecule has 1 aromatic heterocycles. The number of benzene rings is 2. The minimum absolute atomic E-state index is 0.0563. The van der Waals surface area contributed by atoms with E-state index in [1.54, 1.807) is 24.4 Å². The maximum absolute atomic E-state index is 13.2. The van der Waals surface area contributed by atoms with E-state index in [-0.39, 0.29) is 11.5 Å². The van der Waals surface area contributed by atoms with Gasteiger partial charge >= 0.3 is 0 Å². The molecule has 0 unspecified atom stereocenters. The fraction of sp³-hybridized carbons (Fsp3) is 0.348. The van der Waals surface area contributed by atoms with Crippen molar-refractivity contribution in [3.63, 3.8) is 0 Å². The molecule has 8 heteroatoms. The highest BCUT2D eigenvalue weighted by atomic mass is 79.9. The second-order valence-electron chi connectivity index (χ2n) is 7.00. The molecule has 0 saturated heterocycles. The summed E-state index contributed by atoms with van der Waals surface area (Å²) in [5, 5.41) is 5.41. The predicted molar refractivity (Wildman–Crippen MR) is 129 cm³/mol. The molecule has 0 bridgehead atoms. The number of rotatable bonds is 8. The summed E-state index contributed by atoms with van der Waals surface area (Å²) < 4.78 is 13.5. The van der Waals surface area contributed by atoms with Crippen LogP contribution in [0.4, 0.5) is 0 Å². The van der Waals surface area contributed by atoms with Crippen LogP contribution in [0.1, 0.15) is 51.4 Å². The molecule has 0 radical (unpaired) electrons. The molecule has 6 nitrogen and oxygen atoms in total. The van der Waals surface area contributed by atoms with Crippen molar-refractivity contribution >= 4 is 44.6 Å². The first kappa shape index (κ1) is 23.3. The number of aromatic nitrogens is 2. The number of hydrogen-bond acceptors (Lipinski definition) is 5.